The summed E-state index contributed by atoms with van der Waals surface area (Å²) >= 11 is 0. The smallest absolute Gasteiger partial charge is 0.224 e. The molecule has 1 fully saturated rings. The van der Waals surface area contributed by atoms with E-state index in [9.17, 15) is 4.79 Å². The van der Waals surface area contributed by atoms with Crippen LogP contribution in [0.15, 0.2) is 30.3 Å². The molecule has 0 aliphatic carbocycles. The first-order valence-corrected chi connectivity index (χ1v) is 7.84. The molecule has 1 aromatic carbocycles. The monoisotopic (exact) mass is 289 g/mol. The summed E-state index contributed by atoms with van der Waals surface area (Å²) in [4.78, 5) is 14.6. The van der Waals surface area contributed by atoms with E-state index in [0.29, 0.717) is 5.92 Å². The zero-order valence-electron chi connectivity index (χ0n) is 13.1. The molecular weight excluding hydrogens is 262 g/mol. The van der Waals surface area contributed by atoms with Crippen molar-refractivity contribution >= 4 is 5.91 Å². The lowest BCUT2D eigenvalue weighted by molar-refractivity contribution is -0.125. The van der Waals surface area contributed by atoms with Gasteiger partial charge in [0.15, 0.2) is 0 Å². The SMILES string of the molecule is CC(C(=O)NCC1CCCN(C)C1)C(N)c1ccccc1. The summed E-state index contributed by atoms with van der Waals surface area (Å²) in [5.41, 5.74) is 7.21. The number of rotatable bonds is 5. The summed E-state index contributed by atoms with van der Waals surface area (Å²) in [5, 5.41) is 3.08. The first-order chi connectivity index (χ1) is 10.1. The van der Waals surface area contributed by atoms with Crippen LogP contribution in [0.1, 0.15) is 31.4 Å². The molecule has 3 N–H and O–H groups in total. The Kier molecular flexibility index (Phi) is 5.76. The van der Waals surface area contributed by atoms with Gasteiger partial charge in [-0.15, -0.1) is 0 Å². The van der Waals surface area contributed by atoms with E-state index < -0.39 is 0 Å². The minimum atomic E-state index is -0.250. The van der Waals surface area contributed by atoms with E-state index in [1.165, 1.54) is 19.4 Å². The van der Waals surface area contributed by atoms with E-state index in [4.69, 9.17) is 5.73 Å². The molecule has 4 heteroatoms. The van der Waals surface area contributed by atoms with Gasteiger partial charge in [0.1, 0.15) is 0 Å². The molecule has 4 nitrogen and oxygen atoms in total. The third-order valence-electron chi connectivity index (χ3n) is 4.42. The molecular formula is C17H27N3O. The van der Waals surface area contributed by atoms with Crippen LogP contribution in [0.3, 0.4) is 0 Å². The Morgan fingerprint density at radius 2 is 2.14 bits per heavy atom. The van der Waals surface area contributed by atoms with Crippen LogP contribution in [0, 0.1) is 11.8 Å². The highest BCUT2D eigenvalue weighted by molar-refractivity contribution is 5.79. The Balaban J connectivity index is 1.82. The van der Waals surface area contributed by atoms with E-state index in [2.05, 4.69) is 17.3 Å². The van der Waals surface area contributed by atoms with Crippen LogP contribution in [0.25, 0.3) is 0 Å². The van der Waals surface area contributed by atoms with Crippen LogP contribution in [0.2, 0.25) is 0 Å². The molecule has 3 atom stereocenters. The van der Waals surface area contributed by atoms with Crippen molar-refractivity contribution in [3.63, 3.8) is 0 Å². The fourth-order valence-electron chi connectivity index (χ4n) is 2.97. The normalized spacial score (nSPS) is 22.5. The number of nitrogens with zero attached hydrogens (tertiary/aromatic N) is 1. The molecule has 2 rings (SSSR count). The maximum atomic E-state index is 12.3. The molecule has 1 saturated heterocycles. The highest BCUT2D eigenvalue weighted by Gasteiger charge is 2.23. The molecule has 1 aliphatic rings. The maximum Gasteiger partial charge on any atom is 0.224 e. The van der Waals surface area contributed by atoms with Crippen LogP contribution in [-0.2, 0) is 4.79 Å². The van der Waals surface area contributed by atoms with Gasteiger partial charge in [0.05, 0.1) is 5.92 Å². The molecule has 0 radical (unpaired) electrons. The fraction of sp³-hybridized carbons (Fsp3) is 0.588. The van der Waals surface area contributed by atoms with Crippen molar-refractivity contribution in [3.8, 4) is 0 Å². The lowest BCUT2D eigenvalue weighted by Gasteiger charge is -2.30. The highest BCUT2D eigenvalue weighted by Crippen LogP contribution is 2.19. The standard InChI is InChI=1S/C17H27N3O/c1-13(16(18)15-8-4-3-5-9-15)17(21)19-11-14-7-6-10-20(2)12-14/h3-5,8-9,13-14,16H,6-7,10-12,18H2,1-2H3,(H,19,21). The van der Waals surface area contributed by atoms with Crippen molar-refractivity contribution in [1.82, 2.24) is 10.2 Å². The van der Waals surface area contributed by atoms with Crippen molar-refractivity contribution in [2.24, 2.45) is 17.6 Å². The van der Waals surface area contributed by atoms with E-state index in [-0.39, 0.29) is 17.9 Å². The van der Waals surface area contributed by atoms with E-state index >= 15 is 0 Å². The van der Waals surface area contributed by atoms with Gasteiger partial charge in [-0.3, -0.25) is 4.79 Å². The Bertz CT molecular complexity index is 449. The number of carbonyl (C=O) groups excluding carboxylic acids is 1. The second-order valence-corrected chi connectivity index (χ2v) is 6.24. The largest absolute Gasteiger partial charge is 0.355 e. The van der Waals surface area contributed by atoms with Crippen molar-refractivity contribution < 1.29 is 4.79 Å². The number of hydrogen-bond acceptors (Lipinski definition) is 3. The van der Waals surface area contributed by atoms with Crippen molar-refractivity contribution in [2.75, 3.05) is 26.7 Å². The number of piperidine rings is 1. The van der Waals surface area contributed by atoms with Crippen LogP contribution in [-0.4, -0.2) is 37.5 Å². The van der Waals surface area contributed by atoms with Crippen molar-refractivity contribution in [3.05, 3.63) is 35.9 Å². The molecule has 21 heavy (non-hydrogen) atoms. The first kappa shape index (κ1) is 16.0. The number of amides is 1. The Labute approximate surface area is 127 Å². The average Bonchev–Trinajstić information content (AvgIpc) is 2.52. The summed E-state index contributed by atoms with van der Waals surface area (Å²) in [6.45, 7) is 4.90. The molecule has 1 heterocycles. The molecule has 0 aromatic heterocycles. The molecule has 0 saturated carbocycles. The van der Waals surface area contributed by atoms with Gasteiger partial charge in [-0.05, 0) is 37.9 Å². The second-order valence-electron chi connectivity index (χ2n) is 6.24. The predicted octanol–water partition coefficient (Wildman–Crippen LogP) is 1.78. The fourth-order valence-corrected chi connectivity index (χ4v) is 2.97. The quantitative estimate of drug-likeness (QED) is 0.868. The topological polar surface area (TPSA) is 58.4 Å². The van der Waals surface area contributed by atoms with Gasteiger partial charge in [-0.1, -0.05) is 37.3 Å². The van der Waals surface area contributed by atoms with Gasteiger partial charge in [-0.25, -0.2) is 0 Å². The zero-order chi connectivity index (χ0) is 15.2. The Morgan fingerprint density at radius 3 is 2.81 bits per heavy atom. The summed E-state index contributed by atoms with van der Waals surface area (Å²) in [7, 11) is 2.14. The molecule has 1 aromatic rings. The van der Waals surface area contributed by atoms with Crippen LogP contribution < -0.4 is 11.1 Å². The lowest BCUT2D eigenvalue weighted by atomic mass is 9.94. The van der Waals surface area contributed by atoms with Gasteiger partial charge < -0.3 is 16.0 Å². The first-order valence-electron chi connectivity index (χ1n) is 7.84. The number of benzene rings is 1. The molecule has 0 bridgehead atoms. The molecule has 1 aliphatic heterocycles. The summed E-state index contributed by atoms with van der Waals surface area (Å²) < 4.78 is 0. The summed E-state index contributed by atoms with van der Waals surface area (Å²) in [6.07, 6.45) is 2.42. The van der Waals surface area contributed by atoms with Crippen LogP contribution in [0.4, 0.5) is 0 Å². The highest BCUT2D eigenvalue weighted by atomic mass is 16.1. The minimum Gasteiger partial charge on any atom is -0.355 e. The minimum absolute atomic E-state index is 0.0552. The molecule has 1 amide bonds. The summed E-state index contributed by atoms with van der Waals surface area (Å²) in [6, 6.07) is 9.57. The number of hydrogen-bond donors (Lipinski definition) is 2. The zero-order valence-corrected chi connectivity index (χ0v) is 13.1. The van der Waals surface area contributed by atoms with E-state index in [1.54, 1.807) is 0 Å². The van der Waals surface area contributed by atoms with Crippen molar-refractivity contribution in [2.45, 2.75) is 25.8 Å². The third-order valence-corrected chi connectivity index (χ3v) is 4.42. The Hall–Kier alpha value is -1.39. The van der Waals surface area contributed by atoms with Gasteiger partial charge in [0.2, 0.25) is 5.91 Å². The van der Waals surface area contributed by atoms with Gasteiger partial charge in [0.25, 0.3) is 0 Å². The van der Waals surface area contributed by atoms with E-state index in [0.717, 1.165) is 18.7 Å². The molecule has 116 valence electrons. The third kappa shape index (κ3) is 4.55. The number of nitrogens with two attached hydrogens (primary N) is 1. The number of carbonyl (C=O) groups is 1. The predicted molar refractivity (Wildman–Crippen MR) is 85.8 cm³/mol. The molecule has 0 spiro atoms. The Morgan fingerprint density at radius 1 is 1.43 bits per heavy atom. The van der Waals surface area contributed by atoms with Crippen LogP contribution in [0.5, 0.6) is 0 Å². The second kappa shape index (κ2) is 7.57. The number of nitrogens with one attached hydrogen (secondary N) is 1. The lowest BCUT2D eigenvalue weighted by Crippen LogP contribution is -2.42. The van der Waals surface area contributed by atoms with Gasteiger partial charge in [-0.2, -0.15) is 0 Å². The summed E-state index contributed by atoms with van der Waals surface area (Å²) in [5.74, 6) is 0.404. The van der Waals surface area contributed by atoms with Gasteiger partial charge in [0, 0.05) is 19.1 Å². The van der Waals surface area contributed by atoms with Crippen LogP contribution >= 0.6 is 0 Å². The van der Waals surface area contributed by atoms with Crippen molar-refractivity contribution in [1.29, 1.82) is 0 Å². The van der Waals surface area contributed by atoms with Gasteiger partial charge >= 0.3 is 0 Å². The average molecular weight is 289 g/mol. The molecule has 3 unspecified atom stereocenters. The number of likely N-dealkylation sites (tertiary alicyclic amines) is 1. The maximum absolute atomic E-state index is 12.3. The van der Waals surface area contributed by atoms with E-state index in [1.807, 2.05) is 37.3 Å².